The maximum atomic E-state index is 12.3. The zero-order valence-electron chi connectivity index (χ0n) is 11.1. The van der Waals surface area contributed by atoms with Gasteiger partial charge in [0.25, 0.3) is 0 Å². The van der Waals surface area contributed by atoms with Crippen molar-refractivity contribution in [1.82, 2.24) is 10.0 Å². The van der Waals surface area contributed by atoms with E-state index < -0.39 is 10.0 Å². The third-order valence-electron chi connectivity index (χ3n) is 2.66. The highest BCUT2D eigenvalue weighted by Crippen LogP contribution is 2.26. The Morgan fingerprint density at radius 1 is 1.30 bits per heavy atom. The summed E-state index contributed by atoms with van der Waals surface area (Å²) in [5, 5.41) is 4.98. The maximum absolute atomic E-state index is 12.3. The van der Waals surface area contributed by atoms with Crippen LogP contribution in [0.4, 0.5) is 0 Å². The molecule has 8 heteroatoms. The van der Waals surface area contributed by atoms with E-state index in [4.69, 9.17) is 0 Å². The van der Waals surface area contributed by atoms with Crippen LogP contribution in [0.15, 0.2) is 26.2 Å². The molecule has 0 fully saturated rings. The van der Waals surface area contributed by atoms with Gasteiger partial charge in [0.15, 0.2) is 0 Å². The van der Waals surface area contributed by atoms with E-state index in [1.54, 1.807) is 6.07 Å². The molecule has 0 saturated carbocycles. The fraction of sp³-hybridized carbons (Fsp3) is 0.333. The number of halogens is 1. The summed E-state index contributed by atoms with van der Waals surface area (Å²) < 4.78 is 28.5. The summed E-state index contributed by atoms with van der Waals surface area (Å²) in [6.07, 6.45) is 0. The molecular weight excluding hydrogens is 380 g/mol. The van der Waals surface area contributed by atoms with Crippen LogP contribution < -0.4 is 10.0 Å². The summed E-state index contributed by atoms with van der Waals surface area (Å²) in [5.41, 5.74) is 1.00. The number of sulfonamides is 1. The van der Waals surface area contributed by atoms with E-state index in [2.05, 4.69) is 26.0 Å². The van der Waals surface area contributed by atoms with Gasteiger partial charge in [-0.15, -0.1) is 22.7 Å². The Hall–Kier alpha value is -0.250. The lowest BCUT2D eigenvalue weighted by Gasteiger charge is -2.02. The van der Waals surface area contributed by atoms with Gasteiger partial charge in [-0.05, 0) is 47.6 Å². The second-order valence-corrected chi connectivity index (χ2v) is 9.30. The second kappa shape index (κ2) is 6.67. The van der Waals surface area contributed by atoms with Crippen LogP contribution in [-0.4, -0.2) is 15.5 Å². The number of aryl methyl sites for hydroxylation is 1. The first-order valence-electron chi connectivity index (χ1n) is 5.89. The van der Waals surface area contributed by atoms with Gasteiger partial charge in [0.1, 0.15) is 4.21 Å². The molecule has 20 heavy (non-hydrogen) atoms. The SMILES string of the molecule is CNCc1sc(S(=O)(=O)NCc2cc(Br)cs2)cc1C. The lowest BCUT2D eigenvalue weighted by molar-refractivity contribution is 0.584. The van der Waals surface area contributed by atoms with Gasteiger partial charge in [-0.25, -0.2) is 13.1 Å². The molecule has 2 N–H and O–H groups in total. The van der Waals surface area contributed by atoms with Crippen LogP contribution >= 0.6 is 38.6 Å². The van der Waals surface area contributed by atoms with Gasteiger partial charge in [0.2, 0.25) is 10.0 Å². The lowest BCUT2D eigenvalue weighted by Crippen LogP contribution is -2.21. The minimum Gasteiger partial charge on any atom is -0.315 e. The van der Waals surface area contributed by atoms with Gasteiger partial charge in [-0.3, -0.25) is 0 Å². The number of hydrogen-bond donors (Lipinski definition) is 2. The molecule has 0 saturated heterocycles. The molecule has 2 heterocycles. The first kappa shape index (κ1) is 16.1. The van der Waals surface area contributed by atoms with Crippen LogP contribution in [0.5, 0.6) is 0 Å². The molecular formula is C12H15BrN2O2S3. The van der Waals surface area contributed by atoms with Crippen LogP contribution in [0.1, 0.15) is 15.3 Å². The first-order valence-corrected chi connectivity index (χ1v) is 9.86. The summed E-state index contributed by atoms with van der Waals surface area (Å²) in [5.74, 6) is 0. The quantitative estimate of drug-likeness (QED) is 0.791. The monoisotopic (exact) mass is 394 g/mol. The molecule has 0 unspecified atom stereocenters. The van der Waals surface area contributed by atoms with Gasteiger partial charge >= 0.3 is 0 Å². The number of nitrogens with one attached hydrogen (secondary N) is 2. The molecule has 0 aliphatic heterocycles. The van der Waals surface area contributed by atoms with E-state index in [0.717, 1.165) is 19.8 Å². The van der Waals surface area contributed by atoms with Crippen LogP contribution in [0, 0.1) is 6.92 Å². The summed E-state index contributed by atoms with van der Waals surface area (Å²) in [6.45, 7) is 2.93. The van der Waals surface area contributed by atoms with Crippen LogP contribution in [0.25, 0.3) is 0 Å². The molecule has 0 bridgehead atoms. The molecule has 2 rings (SSSR count). The topological polar surface area (TPSA) is 58.2 Å². The van der Waals surface area contributed by atoms with Crippen molar-refractivity contribution >= 4 is 48.6 Å². The van der Waals surface area contributed by atoms with E-state index in [9.17, 15) is 8.42 Å². The van der Waals surface area contributed by atoms with E-state index in [1.807, 2.05) is 25.4 Å². The first-order chi connectivity index (χ1) is 9.42. The van der Waals surface area contributed by atoms with Gasteiger partial charge < -0.3 is 5.32 Å². The van der Waals surface area contributed by atoms with Gasteiger partial charge in [0, 0.05) is 32.7 Å². The molecule has 0 amide bonds. The predicted molar refractivity (Wildman–Crippen MR) is 87.9 cm³/mol. The minimum absolute atomic E-state index is 0.316. The summed E-state index contributed by atoms with van der Waals surface area (Å²) >= 11 is 6.19. The lowest BCUT2D eigenvalue weighted by atomic mass is 10.3. The third-order valence-corrected chi connectivity index (χ3v) is 7.47. The molecule has 0 aromatic carbocycles. The second-order valence-electron chi connectivity index (χ2n) is 4.26. The Bertz CT molecular complexity index is 691. The largest absolute Gasteiger partial charge is 0.315 e. The number of thiophene rings is 2. The van der Waals surface area contributed by atoms with Gasteiger partial charge in [-0.1, -0.05) is 0 Å². The van der Waals surface area contributed by atoms with E-state index >= 15 is 0 Å². The molecule has 0 radical (unpaired) electrons. The molecule has 0 spiro atoms. The summed E-state index contributed by atoms with van der Waals surface area (Å²) in [4.78, 5) is 2.02. The summed E-state index contributed by atoms with van der Waals surface area (Å²) in [7, 11) is -1.59. The average Bonchev–Trinajstić information content (AvgIpc) is 2.95. The van der Waals surface area contributed by atoms with Gasteiger partial charge in [0.05, 0.1) is 0 Å². The zero-order chi connectivity index (χ0) is 14.8. The zero-order valence-corrected chi connectivity index (χ0v) is 15.1. The van der Waals surface area contributed by atoms with Crippen molar-refractivity contribution < 1.29 is 8.42 Å². The van der Waals surface area contributed by atoms with Crippen molar-refractivity contribution in [1.29, 1.82) is 0 Å². The standard InChI is InChI=1S/C12H15BrN2O2S3/c1-8-3-12(19-11(8)6-14-2)20(16,17)15-5-10-4-9(13)7-18-10/h3-4,7,14-15H,5-6H2,1-2H3. The Balaban J connectivity index is 2.11. The van der Waals surface area contributed by atoms with Crippen molar-refractivity contribution in [3.8, 4) is 0 Å². The Kier molecular flexibility index (Phi) is 5.38. The maximum Gasteiger partial charge on any atom is 0.250 e. The Morgan fingerprint density at radius 3 is 2.65 bits per heavy atom. The number of rotatable bonds is 6. The number of hydrogen-bond acceptors (Lipinski definition) is 5. The molecule has 0 atom stereocenters. The Morgan fingerprint density at radius 2 is 2.05 bits per heavy atom. The molecule has 4 nitrogen and oxygen atoms in total. The predicted octanol–water partition coefficient (Wildman–Crippen LogP) is 3.08. The van der Waals surface area contributed by atoms with E-state index in [-0.39, 0.29) is 0 Å². The van der Waals surface area contributed by atoms with Crippen molar-refractivity contribution in [3.63, 3.8) is 0 Å². The van der Waals surface area contributed by atoms with Crippen molar-refractivity contribution in [2.75, 3.05) is 7.05 Å². The highest BCUT2D eigenvalue weighted by Gasteiger charge is 2.18. The molecule has 2 aromatic heterocycles. The van der Waals surface area contributed by atoms with Crippen molar-refractivity contribution in [2.45, 2.75) is 24.2 Å². The van der Waals surface area contributed by atoms with E-state index in [0.29, 0.717) is 17.3 Å². The average molecular weight is 395 g/mol. The van der Waals surface area contributed by atoms with Crippen LogP contribution in [-0.2, 0) is 23.1 Å². The van der Waals surface area contributed by atoms with Crippen molar-refractivity contribution in [2.24, 2.45) is 0 Å². The molecule has 110 valence electrons. The normalized spacial score (nSPS) is 11.9. The summed E-state index contributed by atoms with van der Waals surface area (Å²) in [6, 6.07) is 3.64. The fourth-order valence-corrected chi connectivity index (χ4v) is 5.78. The highest BCUT2D eigenvalue weighted by molar-refractivity contribution is 9.10. The third kappa shape index (κ3) is 3.90. The van der Waals surface area contributed by atoms with Gasteiger partial charge in [-0.2, -0.15) is 0 Å². The van der Waals surface area contributed by atoms with Crippen LogP contribution in [0.2, 0.25) is 0 Å². The smallest absolute Gasteiger partial charge is 0.250 e. The minimum atomic E-state index is -3.44. The van der Waals surface area contributed by atoms with Crippen molar-refractivity contribution in [3.05, 3.63) is 37.3 Å². The van der Waals surface area contributed by atoms with E-state index in [1.165, 1.54) is 22.7 Å². The molecule has 0 aliphatic carbocycles. The fourth-order valence-electron chi connectivity index (χ4n) is 1.64. The van der Waals surface area contributed by atoms with Crippen LogP contribution in [0.3, 0.4) is 0 Å². The Labute approximate surface area is 135 Å². The molecule has 2 aromatic rings. The molecule has 0 aliphatic rings. The highest BCUT2D eigenvalue weighted by atomic mass is 79.9.